The van der Waals surface area contributed by atoms with E-state index < -0.39 is 6.10 Å². The standard InChI is InChI=1S/C17H24N2O6/c1-5-19-6-7-25-14(17(19)21)10-15(20)18-11-8-12(22-2)16(24-4)13(9-11)23-3/h8-9,14H,5-7,10H2,1-4H3,(H,18,20)/t14-/m0/s1. The van der Waals surface area contributed by atoms with Gasteiger partial charge in [0.25, 0.3) is 5.91 Å². The molecule has 2 amide bonds. The van der Waals surface area contributed by atoms with Gasteiger partial charge in [0.1, 0.15) is 6.10 Å². The Morgan fingerprint density at radius 3 is 2.40 bits per heavy atom. The van der Waals surface area contributed by atoms with E-state index in [0.717, 1.165) is 0 Å². The summed E-state index contributed by atoms with van der Waals surface area (Å²) in [4.78, 5) is 26.2. The van der Waals surface area contributed by atoms with Crippen LogP contribution in [0.4, 0.5) is 5.69 Å². The SMILES string of the molecule is CCN1CCO[C@@H](CC(=O)Nc2cc(OC)c(OC)c(OC)c2)C1=O. The molecule has 1 N–H and O–H groups in total. The van der Waals surface area contributed by atoms with Crippen molar-refractivity contribution in [3.05, 3.63) is 12.1 Å². The molecule has 1 saturated heterocycles. The number of anilines is 1. The van der Waals surface area contributed by atoms with Crippen molar-refractivity contribution in [2.45, 2.75) is 19.4 Å². The largest absolute Gasteiger partial charge is 0.493 e. The number of ether oxygens (including phenoxy) is 4. The zero-order valence-electron chi connectivity index (χ0n) is 15.0. The first kappa shape index (κ1) is 18.9. The van der Waals surface area contributed by atoms with Gasteiger partial charge in [-0.05, 0) is 6.92 Å². The first-order valence-electron chi connectivity index (χ1n) is 8.04. The molecule has 0 saturated carbocycles. The maximum absolute atomic E-state index is 12.3. The summed E-state index contributed by atoms with van der Waals surface area (Å²) in [7, 11) is 4.50. The molecule has 1 aromatic carbocycles. The topological polar surface area (TPSA) is 86.3 Å². The first-order valence-corrected chi connectivity index (χ1v) is 8.04. The molecule has 2 rings (SSSR count). The number of nitrogens with one attached hydrogen (secondary N) is 1. The van der Waals surface area contributed by atoms with E-state index in [4.69, 9.17) is 18.9 Å². The van der Waals surface area contributed by atoms with E-state index in [2.05, 4.69) is 5.32 Å². The van der Waals surface area contributed by atoms with Gasteiger partial charge >= 0.3 is 0 Å². The minimum Gasteiger partial charge on any atom is -0.493 e. The summed E-state index contributed by atoms with van der Waals surface area (Å²) in [6, 6.07) is 3.25. The summed E-state index contributed by atoms with van der Waals surface area (Å²) in [5.41, 5.74) is 0.482. The molecule has 25 heavy (non-hydrogen) atoms. The van der Waals surface area contributed by atoms with E-state index in [-0.39, 0.29) is 18.2 Å². The summed E-state index contributed by atoms with van der Waals surface area (Å²) in [5, 5.41) is 2.74. The highest BCUT2D eigenvalue weighted by Gasteiger charge is 2.30. The number of rotatable bonds is 7. The molecular formula is C17H24N2O6. The molecule has 0 unspecified atom stereocenters. The number of hydrogen-bond acceptors (Lipinski definition) is 6. The molecule has 1 atom stereocenters. The van der Waals surface area contributed by atoms with Crippen molar-refractivity contribution in [3.8, 4) is 17.2 Å². The highest BCUT2D eigenvalue weighted by atomic mass is 16.5. The van der Waals surface area contributed by atoms with Crippen molar-refractivity contribution in [1.82, 2.24) is 4.90 Å². The van der Waals surface area contributed by atoms with Gasteiger partial charge in [-0.3, -0.25) is 9.59 Å². The normalized spacial score (nSPS) is 17.2. The number of likely N-dealkylation sites (N-methyl/N-ethyl adjacent to an activating group) is 1. The fourth-order valence-electron chi connectivity index (χ4n) is 2.68. The Hall–Kier alpha value is -2.48. The number of carbonyl (C=O) groups excluding carboxylic acids is 2. The molecule has 1 aliphatic rings. The number of carbonyl (C=O) groups is 2. The average Bonchev–Trinajstić information content (AvgIpc) is 2.62. The van der Waals surface area contributed by atoms with E-state index in [1.807, 2.05) is 6.92 Å². The van der Waals surface area contributed by atoms with Crippen LogP contribution in [0.15, 0.2) is 12.1 Å². The third kappa shape index (κ3) is 4.33. The van der Waals surface area contributed by atoms with E-state index in [0.29, 0.717) is 42.6 Å². The van der Waals surface area contributed by atoms with Gasteiger partial charge in [-0.25, -0.2) is 0 Å². The van der Waals surface area contributed by atoms with Crippen molar-refractivity contribution in [2.75, 3.05) is 46.3 Å². The van der Waals surface area contributed by atoms with Crippen LogP contribution in [0.3, 0.4) is 0 Å². The molecule has 0 radical (unpaired) electrons. The average molecular weight is 352 g/mol. The lowest BCUT2D eigenvalue weighted by Gasteiger charge is -2.31. The second-order valence-electron chi connectivity index (χ2n) is 5.44. The van der Waals surface area contributed by atoms with Crippen LogP contribution in [0.2, 0.25) is 0 Å². The predicted molar refractivity (Wildman–Crippen MR) is 91.3 cm³/mol. The van der Waals surface area contributed by atoms with Crippen molar-refractivity contribution in [3.63, 3.8) is 0 Å². The first-order chi connectivity index (χ1) is 12.0. The lowest BCUT2D eigenvalue weighted by atomic mass is 10.1. The van der Waals surface area contributed by atoms with E-state index in [1.54, 1.807) is 17.0 Å². The predicted octanol–water partition coefficient (Wildman–Crippen LogP) is 1.29. The molecule has 0 bridgehead atoms. The molecule has 1 aliphatic heterocycles. The maximum atomic E-state index is 12.3. The minimum atomic E-state index is -0.754. The van der Waals surface area contributed by atoms with Crippen LogP contribution in [-0.4, -0.2) is 63.8 Å². The van der Waals surface area contributed by atoms with Gasteiger partial charge in [-0.1, -0.05) is 0 Å². The number of methoxy groups -OCH3 is 3. The Bertz CT molecular complexity index is 609. The molecule has 0 aliphatic carbocycles. The van der Waals surface area contributed by atoms with E-state index in [1.165, 1.54) is 21.3 Å². The van der Waals surface area contributed by atoms with Gasteiger partial charge < -0.3 is 29.2 Å². The molecule has 8 nitrogen and oxygen atoms in total. The summed E-state index contributed by atoms with van der Waals surface area (Å²) < 4.78 is 21.2. The van der Waals surface area contributed by atoms with Crippen molar-refractivity contribution >= 4 is 17.5 Å². The lowest BCUT2D eigenvalue weighted by Crippen LogP contribution is -2.48. The molecule has 0 spiro atoms. The lowest BCUT2D eigenvalue weighted by molar-refractivity contribution is -0.154. The Morgan fingerprint density at radius 1 is 1.24 bits per heavy atom. The van der Waals surface area contributed by atoms with Crippen LogP contribution >= 0.6 is 0 Å². The number of amides is 2. The van der Waals surface area contributed by atoms with Gasteiger partial charge in [-0.2, -0.15) is 0 Å². The fourth-order valence-corrected chi connectivity index (χ4v) is 2.68. The highest BCUT2D eigenvalue weighted by molar-refractivity contribution is 5.95. The third-order valence-corrected chi connectivity index (χ3v) is 3.97. The van der Waals surface area contributed by atoms with Crippen molar-refractivity contribution in [1.29, 1.82) is 0 Å². The minimum absolute atomic E-state index is 0.0496. The second-order valence-corrected chi connectivity index (χ2v) is 5.44. The number of hydrogen-bond donors (Lipinski definition) is 1. The van der Waals surface area contributed by atoms with Gasteiger partial charge in [0.15, 0.2) is 11.5 Å². The number of benzene rings is 1. The third-order valence-electron chi connectivity index (χ3n) is 3.97. The summed E-state index contributed by atoms with van der Waals surface area (Å²) in [6.07, 6.45) is -0.804. The second kappa shape index (κ2) is 8.57. The highest BCUT2D eigenvalue weighted by Crippen LogP contribution is 2.39. The van der Waals surface area contributed by atoms with Crippen LogP contribution in [-0.2, 0) is 14.3 Å². The summed E-state index contributed by atoms with van der Waals surface area (Å²) in [6.45, 7) is 3.49. The fraction of sp³-hybridized carbons (Fsp3) is 0.529. The molecular weight excluding hydrogens is 328 g/mol. The molecule has 1 heterocycles. The molecule has 138 valence electrons. The monoisotopic (exact) mass is 352 g/mol. The van der Waals surface area contributed by atoms with E-state index >= 15 is 0 Å². The van der Waals surface area contributed by atoms with Crippen LogP contribution in [0, 0.1) is 0 Å². The molecule has 1 fully saturated rings. The Balaban J connectivity index is 2.08. The smallest absolute Gasteiger partial charge is 0.252 e. The van der Waals surface area contributed by atoms with Crippen LogP contribution in [0.25, 0.3) is 0 Å². The van der Waals surface area contributed by atoms with Crippen LogP contribution in [0.1, 0.15) is 13.3 Å². The van der Waals surface area contributed by atoms with E-state index in [9.17, 15) is 9.59 Å². The van der Waals surface area contributed by atoms with Gasteiger partial charge in [0.2, 0.25) is 11.7 Å². The van der Waals surface area contributed by atoms with Crippen molar-refractivity contribution < 1.29 is 28.5 Å². The number of morpholine rings is 1. The Morgan fingerprint density at radius 2 is 1.88 bits per heavy atom. The van der Waals surface area contributed by atoms with Crippen molar-refractivity contribution in [2.24, 2.45) is 0 Å². The van der Waals surface area contributed by atoms with Crippen LogP contribution in [0.5, 0.6) is 17.2 Å². The molecule has 1 aromatic rings. The van der Waals surface area contributed by atoms with Gasteiger partial charge in [-0.15, -0.1) is 0 Å². The number of nitrogens with zero attached hydrogens (tertiary/aromatic N) is 1. The zero-order chi connectivity index (χ0) is 18.4. The molecule has 0 aromatic heterocycles. The quantitative estimate of drug-likeness (QED) is 0.796. The van der Waals surface area contributed by atoms with Crippen LogP contribution < -0.4 is 19.5 Å². The van der Waals surface area contributed by atoms with Gasteiger partial charge in [0, 0.05) is 30.9 Å². The Kier molecular flexibility index (Phi) is 6.46. The zero-order valence-corrected chi connectivity index (χ0v) is 15.0. The summed E-state index contributed by atoms with van der Waals surface area (Å²) >= 11 is 0. The Labute approximate surface area is 147 Å². The van der Waals surface area contributed by atoms with Gasteiger partial charge in [0.05, 0.1) is 34.4 Å². The summed E-state index contributed by atoms with van der Waals surface area (Å²) in [5.74, 6) is 0.811. The molecule has 8 heteroatoms. The maximum Gasteiger partial charge on any atom is 0.252 e.